The molecule has 1 fully saturated rings. The van der Waals surface area contributed by atoms with Crippen LogP contribution in [0, 0.1) is 0 Å². The predicted molar refractivity (Wildman–Crippen MR) is 88.7 cm³/mol. The first kappa shape index (κ1) is 15.7. The molecule has 3 unspecified atom stereocenters. The van der Waals surface area contributed by atoms with Gasteiger partial charge in [0.15, 0.2) is 0 Å². The van der Waals surface area contributed by atoms with Crippen LogP contribution in [-0.4, -0.2) is 18.1 Å². The molecule has 0 aromatic heterocycles. The van der Waals surface area contributed by atoms with Crippen LogP contribution in [0.5, 0.6) is 0 Å². The third-order valence-corrected chi connectivity index (χ3v) is 4.97. The Bertz CT molecular complexity index is 447. The highest BCUT2D eigenvalue weighted by Crippen LogP contribution is 2.37. The number of benzene rings is 1. The van der Waals surface area contributed by atoms with Crippen LogP contribution >= 0.6 is 11.6 Å². The maximum Gasteiger partial charge on any atom is 0.0459 e. The van der Waals surface area contributed by atoms with Crippen LogP contribution in [0.1, 0.15) is 52.0 Å². The molecule has 2 N–H and O–H groups in total. The molecule has 0 saturated carbocycles. The van der Waals surface area contributed by atoms with Crippen molar-refractivity contribution in [2.45, 2.75) is 71.0 Å². The molecule has 0 radical (unpaired) electrons. The normalized spacial score (nSPS) is 24.1. The largest absolute Gasteiger partial charge is 0.366 e. The molecule has 1 aliphatic rings. The van der Waals surface area contributed by atoms with Gasteiger partial charge >= 0.3 is 0 Å². The quantitative estimate of drug-likeness (QED) is 0.873. The van der Waals surface area contributed by atoms with E-state index < -0.39 is 0 Å². The van der Waals surface area contributed by atoms with Crippen molar-refractivity contribution in [3.8, 4) is 0 Å². The van der Waals surface area contributed by atoms with Crippen molar-refractivity contribution in [3.63, 3.8) is 0 Å². The fourth-order valence-corrected chi connectivity index (χ4v) is 3.55. The van der Waals surface area contributed by atoms with E-state index in [1.54, 1.807) is 0 Å². The Labute approximate surface area is 128 Å². The van der Waals surface area contributed by atoms with E-state index in [0.717, 1.165) is 17.9 Å². The van der Waals surface area contributed by atoms with Crippen molar-refractivity contribution < 1.29 is 0 Å². The van der Waals surface area contributed by atoms with Crippen molar-refractivity contribution in [2.24, 2.45) is 5.73 Å². The monoisotopic (exact) mass is 294 g/mol. The fraction of sp³-hybridized carbons (Fsp3) is 0.647. The molecule has 20 heavy (non-hydrogen) atoms. The summed E-state index contributed by atoms with van der Waals surface area (Å²) in [6.45, 7) is 6.73. The second-order valence-corrected chi connectivity index (χ2v) is 6.41. The van der Waals surface area contributed by atoms with Gasteiger partial charge in [-0.25, -0.2) is 0 Å². The minimum Gasteiger partial charge on any atom is -0.366 e. The van der Waals surface area contributed by atoms with E-state index in [1.807, 2.05) is 6.07 Å². The molecule has 0 spiro atoms. The summed E-state index contributed by atoms with van der Waals surface area (Å²) in [5, 5.41) is 0.861. The van der Waals surface area contributed by atoms with Crippen LogP contribution in [0.15, 0.2) is 18.2 Å². The van der Waals surface area contributed by atoms with Gasteiger partial charge in [-0.15, -0.1) is 0 Å². The number of rotatable bonds is 5. The second kappa shape index (κ2) is 6.82. The number of hydrogen-bond acceptors (Lipinski definition) is 2. The van der Waals surface area contributed by atoms with Crippen molar-refractivity contribution in [3.05, 3.63) is 28.8 Å². The number of nitrogens with zero attached hydrogens (tertiary/aromatic N) is 1. The van der Waals surface area contributed by atoms with E-state index >= 15 is 0 Å². The molecule has 2 rings (SSSR count). The minimum absolute atomic E-state index is 0.187. The first-order valence-electron chi connectivity index (χ1n) is 7.89. The molecule has 0 bridgehead atoms. The Hall–Kier alpha value is -0.730. The van der Waals surface area contributed by atoms with Gasteiger partial charge < -0.3 is 10.6 Å². The van der Waals surface area contributed by atoms with Crippen LogP contribution < -0.4 is 10.6 Å². The lowest BCUT2D eigenvalue weighted by atomic mass is 10.0. The van der Waals surface area contributed by atoms with E-state index in [2.05, 4.69) is 37.8 Å². The lowest BCUT2D eigenvalue weighted by Gasteiger charge is -2.33. The average Bonchev–Trinajstić information content (AvgIpc) is 2.81. The maximum absolute atomic E-state index is 6.47. The third kappa shape index (κ3) is 3.12. The van der Waals surface area contributed by atoms with Crippen molar-refractivity contribution in [1.82, 2.24) is 0 Å². The molecular weight excluding hydrogens is 268 g/mol. The van der Waals surface area contributed by atoms with Crippen LogP contribution in [0.4, 0.5) is 5.69 Å². The zero-order valence-corrected chi connectivity index (χ0v) is 13.7. The lowest BCUT2D eigenvalue weighted by Crippen LogP contribution is -2.35. The van der Waals surface area contributed by atoms with Crippen LogP contribution in [0.3, 0.4) is 0 Å². The number of nitrogens with two attached hydrogens (primary N) is 1. The van der Waals surface area contributed by atoms with Crippen molar-refractivity contribution in [1.29, 1.82) is 0 Å². The molecule has 3 atom stereocenters. The zero-order valence-electron chi connectivity index (χ0n) is 12.9. The SMILES string of the molecule is CCC(N)Cc1c(Cl)cccc1N1C(C)CCC1CC. The van der Waals surface area contributed by atoms with E-state index in [9.17, 15) is 0 Å². The molecule has 0 amide bonds. The summed E-state index contributed by atoms with van der Waals surface area (Å²) in [5.41, 5.74) is 8.70. The molecule has 1 aromatic carbocycles. The van der Waals surface area contributed by atoms with E-state index in [4.69, 9.17) is 17.3 Å². The van der Waals surface area contributed by atoms with Gasteiger partial charge in [-0.1, -0.05) is 31.5 Å². The van der Waals surface area contributed by atoms with Gasteiger partial charge in [-0.05, 0) is 56.7 Å². The fourth-order valence-electron chi connectivity index (χ4n) is 3.30. The molecule has 2 nitrogen and oxygen atoms in total. The van der Waals surface area contributed by atoms with Gasteiger partial charge in [0, 0.05) is 28.8 Å². The summed E-state index contributed by atoms with van der Waals surface area (Å²) in [4.78, 5) is 2.57. The molecule has 112 valence electrons. The molecule has 1 aromatic rings. The van der Waals surface area contributed by atoms with Gasteiger partial charge in [0.05, 0.1) is 0 Å². The third-order valence-electron chi connectivity index (χ3n) is 4.62. The van der Waals surface area contributed by atoms with Gasteiger partial charge in [-0.3, -0.25) is 0 Å². The number of halogens is 1. The van der Waals surface area contributed by atoms with Gasteiger partial charge in [0.2, 0.25) is 0 Å². The highest BCUT2D eigenvalue weighted by Gasteiger charge is 2.31. The van der Waals surface area contributed by atoms with Crippen LogP contribution in [-0.2, 0) is 6.42 Å². The number of anilines is 1. The van der Waals surface area contributed by atoms with Crippen LogP contribution in [0.2, 0.25) is 5.02 Å². The smallest absolute Gasteiger partial charge is 0.0459 e. The Balaban J connectivity index is 2.37. The predicted octanol–water partition coefficient (Wildman–Crippen LogP) is 4.39. The summed E-state index contributed by atoms with van der Waals surface area (Å²) in [7, 11) is 0. The standard InChI is InChI=1S/C17H27ClN2/c1-4-13(19)11-15-16(18)7-6-8-17(15)20-12(3)9-10-14(20)5-2/h6-8,12-14H,4-5,9-11,19H2,1-3H3. The van der Waals surface area contributed by atoms with Gasteiger partial charge in [-0.2, -0.15) is 0 Å². The summed E-state index contributed by atoms with van der Waals surface area (Å²) in [6, 6.07) is 7.69. The second-order valence-electron chi connectivity index (χ2n) is 6.01. The summed E-state index contributed by atoms with van der Waals surface area (Å²) < 4.78 is 0. The maximum atomic E-state index is 6.47. The van der Waals surface area contributed by atoms with Gasteiger partial charge in [0.1, 0.15) is 0 Å². The zero-order chi connectivity index (χ0) is 14.7. The highest BCUT2D eigenvalue weighted by molar-refractivity contribution is 6.31. The first-order valence-corrected chi connectivity index (χ1v) is 8.27. The molecule has 0 aliphatic carbocycles. The summed E-state index contributed by atoms with van der Waals surface area (Å²) in [5.74, 6) is 0. The Morgan fingerprint density at radius 1 is 1.35 bits per heavy atom. The molecule has 1 saturated heterocycles. The summed E-state index contributed by atoms with van der Waals surface area (Å²) in [6.07, 6.45) is 5.59. The van der Waals surface area contributed by atoms with Crippen LogP contribution in [0.25, 0.3) is 0 Å². The van der Waals surface area contributed by atoms with Gasteiger partial charge in [0.25, 0.3) is 0 Å². The van der Waals surface area contributed by atoms with E-state index in [-0.39, 0.29) is 6.04 Å². The molecule has 1 heterocycles. The lowest BCUT2D eigenvalue weighted by molar-refractivity contribution is 0.614. The molecule has 3 heteroatoms. The molecule has 1 aliphatic heterocycles. The minimum atomic E-state index is 0.187. The summed E-state index contributed by atoms with van der Waals surface area (Å²) >= 11 is 6.47. The molecular formula is C17H27ClN2. The Kier molecular flexibility index (Phi) is 5.34. The average molecular weight is 295 g/mol. The topological polar surface area (TPSA) is 29.3 Å². The van der Waals surface area contributed by atoms with E-state index in [0.29, 0.717) is 12.1 Å². The Morgan fingerprint density at radius 2 is 2.10 bits per heavy atom. The van der Waals surface area contributed by atoms with E-state index in [1.165, 1.54) is 30.5 Å². The van der Waals surface area contributed by atoms with Crippen molar-refractivity contribution in [2.75, 3.05) is 4.90 Å². The van der Waals surface area contributed by atoms with Crippen molar-refractivity contribution >= 4 is 17.3 Å². The number of hydrogen-bond donors (Lipinski definition) is 1. The first-order chi connectivity index (χ1) is 9.58. The Morgan fingerprint density at radius 3 is 2.75 bits per heavy atom. The highest BCUT2D eigenvalue weighted by atomic mass is 35.5.